The lowest BCUT2D eigenvalue weighted by Crippen LogP contribution is -2.30. The lowest BCUT2D eigenvalue weighted by molar-refractivity contribution is 0.0959. The molecule has 0 saturated carbocycles. The van der Waals surface area contributed by atoms with E-state index in [0.717, 1.165) is 16.7 Å². The number of hydrogen-bond acceptors (Lipinski definition) is 5. The summed E-state index contributed by atoms with van der Waals surface area (Å²) in [7, 11) is 0. The zero-order chi connectivity index (χ0) is 26.5. The van der Waals surface area contributed by atoms with Gasteiger partial charge in [0.2, 0.25) is 0 Å². The number of carbonyl (C=O) groups excluding carboxylic acids is 1. The highest BCUT2D eigenvalue weighted by atomic mass is 35.5. The van der Waals surface area contributed by atoms with Gasteiger partial charge < -0.3 is 21.0 Å². The first-order valence-corrected chi connectivity index (χ1v) is 12.3. The summed E-state index contributed by atoms with van der Waals surface area (Å²) in [5, 5.41) is 12.4. The van der Waals surface area contributed by atoms with Gasteiger partial charge >= 0.3 is 0 Å². The molecule has 0 fully saturated rings. The van der Waals surface area contributed by atoms with E-state index < -0.39 is 0 Å². The molecule has 0 bridgehead atoms. The number of halogens is 3. The third-order valence-electron chi connectivity index (χ3n) is 5.67. The van der Waals surface area contributed by atoms with Crippen LogP contribution in [0.5, 0.6) is 0 Å². The Labute approximate surface area is 228 Å². The van der Waals surface area contributed by atoms with Crippen LogP contribution in [0.25, 0.3) is 0 Å². The molecule has 10 heteroatoms. The average Bonchev–Trinajstić information content (AvgIpc) is 2.88. The number of nitrogens with one attached hydrogen (secondary N) is 2. The number of benzene rings is 2. The van der Waals surface area contributed by atoms with Crippen LogP contribution in [0.4, 0.5) is 5.69 Å². The van der Waals surface area contributed by atoms with Crippen LogP contribution in [0.1, 0.15) is 32.6 Å². The van der Waals surface area contributed by atoms with E-state index in [0.29, 0.717) is 44.8 Å². The van der Waals surface area contributed by atoms with E-state index in [1.807, 2.05) is 0 Å². The third kappa shape index (κ3) is 6.57. The minimum atomic E-state index is -0.382. The van der Waals surface area contributed by atoms with Gasteiger partial charge in [-0.05, 0) is 59.2 Å². The molecule has 4 N–H and O–H groups in total. The number of aromatic nitrogens is 2. The molecule has 2 aromatic heterocycles. The Bertz CT molecular complexity index is 1550. The number of carbonyl (C=O) groups is 1. The number of nitrogen functional groups attached to an aromatic ring is 1. The van der Waals surface area contributed by atoms with Crippen LogP contribution in [0.15, 0.2) is 78.0 Å². The second-order valence-corrected chi connectivity index (χ2v) is 9.60. The molecule has 4 rings (SSSR count). The molecule has 7 nitrogen and oxygen atoms in total. The molecule has 2 aromatic carbocycles. The fraction of sp³-hybridized carbons (Fsp3) is 0.111. The summed E-state index contributed by atoms with van der Waals surface area (Å²) in [6.07, 6.45) is 5.18. The fourth-order valence-electron chi connectivity index (χ4n) is 3.74. The van der Waals surface area contributed by atoms with Crippen molar-refractivity contribution >= 4 is 52.1 Å². The van der Waals surface area contributed by atoms with E-state index in [-0.39, 0.29) is 23.7 Å². The van der Waals surface area contributed by atoms with Crippen molar-refractivity contribution in [2.45, 2.75) is 13.0 Å². The number of rotatable bonds is 8. The van der Waals surface area contributed by atoms with E-state index in [1.54, 1.807) is 65.5 Å². The van der Waals surface area contributed by atoms with Gasteiger partial charge in [0.1, 0.15) is 0 Å². The molecule has 0 spiro atoms. The molecule has 0 radical (unpaired) electrons. The summed E-state index contributed by atoms with van der Waals surface area (Å²) in [6.45, 7) is 0.270. The number of hydrogen-bond donors (Lipinski definition) is 3. The Kier molecular flexibility index (Phi) is 8.28. The maximum Gasteiger partial charge on any atom is 0.253 e. The minimum Gasteiger partial charge on any atom is -0.398 e. The summed E-state index contributed by atoms with van der Waals surface area (Å²) < 4.78 is 1.55. The SMILES string of the molecule is N=C(CNC(=O)c1cncc(Cc2cc(Cl)c(Cn3ccccc3=O)cc2Cl)c1)c1cc(Cl)ccc1N. The molecule has 4 aromatic rings. The average molecular weight is 555 g/mol. The number of nitrogens with zero attached hydrogens (tertiary/aromatic N) is 2. The molecule has 0 aliphatic rings. The van der Waals surface area contributed by atoms with Gasteiger partial charge in [-0.2, -0.15) is 0 Å². The van der Waals surface area contributed by atoms with Crippen molar-refractivity contribution in [1.29, 1.82) is 5.41 Å². The molecular weight excluding hydrogens is 533 g/mol. The summed E-state index contributed by atoms with van der Waals surface area (Å²) in [5.74, 6) is -0.382. The highest BCUT2D eigenvalue weighted by Crippen LogP contribution is 2.28. The molecule has 0 aliphatic carbocycles. The Morgan fingerprint density at radius 1 is 1.00 bits per heavy atom. The third-order valence-corrected chi connectivity index (χ3v) is 6.61. The van der Waals surface area contributed by atoms with Crippen molar-refractivity contribution in [3.63, 3.8) is 0 Å². The largest absolute Gasteiger partial charge is 0.398 e. The van der Waals surface area contributed by atoms with E-state index in [9.17, 15) is 9.59 Å². The van der Waals surface area contributed by atoms with Crippen LogP contribution in [-0.4, -0.2) is 27.7 Å². The van der Waals surface area contributed by atoms with Crippen LogP contribution in [0, 0.1) is 5.41 Å². The molecule has 0 unspecified atom stereocenters. The molecule has 0 atom stereocenters. The maximum absolute atomic E-state index is 12.7. The first-order chi connectivity index (χ1) is 17.7. The lowest BCUT2D eigenvalue weighted by atomic mass is 10.0. The van der Waals surface area contributed by atoms with Gasteiger partial charge in [0, 0.05) is 57.4 Å². The van der Waals surface area contributed by atoms with Crippen LogP contribution >= 0.6 is 34.8 Å². The predicted molar refractivity (Wildman–Crippen MR) is 148 cm³/mol. The minimum absolute atomic E-state index is 0.0268. The van der Waals surface area contributed by atoms with Gasteiger partial charge in [-0.1, -0.05) is 40.9 Å². The monoisotopic (exact) mass is 553 g/mol. The Balaban J connectivity index is 1.45. The van der Waals surface area contributed by atoms with Crippen LogP contribution < -0.4 is 16.6 Å². The molecule has 37 heavy (non-hydrogen) atoms. The first-order valence-electron chi connectivity index (χ1n) is 11.2. The van der Waals surface area contributed by atoms with Gasteiger partial charge in [0.15, 0.2) is 0 Å². The van der Waals surface area contributed by atoms with E-state index in [1.165, 1.54) is 12.3 Å². The van der Waals surface area contributed by atoms with Gasteiger partial charge in [-0.3, -0.25) is 14.6 Å². The van der Waals surface area contributed by atoms with Crippen molar-refractivity contribution in [3.8, 4) is 0 Å². The summed E-state index contributed by atoms with van der Waals surface area (Å²) >= 11 is 19.0. The van der Waals surface area contributed by atoms with Crippen molar-refractivity contribution in [2.24, 2.45) is 0 Å². The highest BCUT2D eigenvalue weighted by Gasteiger charge is 2.13. The normalized spacial score (nSPS) is 10.8. The van der Waals surface area contributed by atoms with Gasteiger partial charge in [0.25, 0.3) is 11.5 Å². The Hall–Kier alpha value is -3.65. The number of anilines is 1. The predicted octanol–water partition coefficient (Wildman–Crippen LogP) is 5.22. The molecule has 2 heterocycles. The number of nitrogens with two attached hydrogens (primary N) is 1. The van der Waals surface area contributed by atoms with Gasteiger partial charge in [-0.25, -0.2) is 0 Å². The fourth-order valence-corrected chi connectivity index (χ4v) is 4.42. The summed E-state index contributed by atoms with van der Waals surface area (Å²) in [4.78, 5) is 28.9. The topological polar surface area (TPSA) is 114 Å². The smallest absolute Gasteiger partial charge is 0.253 e. The molecule has 0 saturated heterocycles. The molecule has 1 amide bonds. The van der Waals surface area contributed by atoms with Gasteiger partial charge in [-0.15, -0.1) is 0 Å². The maximum atomic E-state index is 12.7. The van der Waals surface area contributed by atoms with Crippen LogP contribution in [0.3, 0.4) is 0 Å². The number of pyridine rings is 2. The standard InChI is InChI=1S/C27H22Cl3N5O2/c28-20-4-5-24(31)21(11-20)25(32)14-34-27(37)18-8-16(12-33-13-18)7-17-9-23(30)19(10-22(17)29)15-35-6-2-1-3-26(35)36/h1-6,8-13,32H,7,14-15,31H2,(H,34,37). The highest BCUT2D eigenvalue weighted by molar-refractivity contribution is 6.34. The Morgan fingerprint density at radius 3 is 2.54 bits per heavy atom. The number of amides is 1. The van der Waals surface area contributed by atoms with Crippen LogP contribution in [0.2, 0.25) is 15.1 Å². The zero-order valence-electron chi connectivity index (χ0n) is 19.5. The summed E-state index contributed by atoms with van der Waals surface area (Å²) in [5.41, 5.74) is 9.37. The second kappa shape index (κ2) is 11.6. The summed E-state index contributed by atoms with van der Waals surface area (Å²) in [6, 6.07) is 15.0. The zero-order valence-corrected chi connectivity index (χ0v) is 21.7. The van der Waals surface area contributed by atoms with Crippen molar-refractivity contribution in [3.05, 3.63) is 126 Å². The van der Waals surface area contributed by atoms with Gasteiger partial charge in [0.05, 0.1) is 24.4 Å². The lowest BCUT2D eigenvalue weighted by Gasteiger charge is -2.12. The van der Waals surface area contributed by atoms with Crippen molar-refractivity contribution in [2.75, 3.05) is 12.3 Å². The first kappa shape index (κ1) is 26.4. The van der Waals surface area contributed by atoms with Crippen molar-refractivity contribution < 1.29 is 4.79 Å². The van der Waals surface area contributed by atoms with E-state index in [2.05, 4.69) is 10.3 Å². The van der Waals surface area contributed by atoms with Crippen LogP contribution in [-0.2, 0) is 13.0 Å². The Morgan fingerprint density at radius 2 is 1.76 bits per heavy atom. The molecule has 188 valence electrons. The molecular formula is C27H22Cl3N5O2. The van der Waals surface area contributed by atoms with E-state index in [4.69, 9.17) is 45.9 Å². The van der Waals surface area contributed by atoms with E-state index >= 15 is 0 Å². The van der Waals surface area contributed by atoms with Crippen molar-refractivity contribution in [1.82, 2.24) is 14.9 Å². The quantitative estimate of drug-likeness (QED) is 0.205. The second-order valence-electron chi connectivity index (χ2n) is 8.35. The molecule has 0 aliphatic heterocycles.